The molecule has 0 heterocycles. The molecule has 0 heteroatoms. The van der Waals surface area contributed by atoms with Crippen molar-refractivity contribution in [1.82, 2.24) is 0 Å². The van der Waals surface area contributed by atoms with E-state index in [1.807, 2.05) is 0 Å². The van der Waals surface area contributed by atoms with Gasteiger partial charge in [0.15, 0.2) is 0 Å². The van der Waals surface area contributed by atoms with E-state index >= 15 is 0 Å². The van der Waals surface area contributed by atoms with Gasteiger partial charge in [-0.1, -0.05) is 225 Å². The van der Waals surface area contributed by atoms with Crippen LogP contribution in [-0.4, -0.2) is 0 Å². The predicted octanol–water partition coefficient (Wildman–Crippen LogP) is 22.0. The highest BCUT2D eigenvalue weighted by Crippen LogP contribution is 2.63. The van der Waals surface area contributed by atoms with Gasteiger partial charge < -0.3 is 0 Å². The molecule has 0 spiro atoms. The van der Waals surface area contributed by atoms with Crippen LogP contribution in [0.5, 0.6) is 0 Å². The van der Waals surface area contributed by atoms with E-state index in [2.05, 4.69) is 199 Å². The summed E-state index contributed by atoms with van der Waals surface area (Å²) in [5.74, 6) is 10.2. The zero-order chi connectivity index (χ0) is 50.6. The van der Waals surface area contributed by atoms with Gasteiger partial charge in [-0.25, -0.2) is 0 Å². The molecule has 2 bridgehead atoms. The van der Waals surface area contributed by atoms with Gasteiger partial charge in [-0.05, 0) is 191 Å². The van der Waals surface area contributed by atoms with Crippen LogP contribution < -0.4 is 0 Å². The van der Waals surface area contributed by atoms with Crippen molar-refractivity contribution in [3.63, 3.8) is 0 Å². The van der Waals surface area contributed by atoms with E-state index < -0.39 is 0 Å². The zero-order valence-electron chi connectivity index (χ0n) is 50.3. The molecule has 5 aliphatic rings. The molecule has 0 nitrogen and oxygen atoms in total. The van der Waals surface area contributed by atoms with Crippen molar-refractivity contribution in [3.05, 3.63) is 12.2 Å². The van der Waals surface area contributed by atoms with Gasteiger partial charge in [-0.15, -0.1) is 0 Å². The van der Waals surface area contributed by atoms with Gasteiger partial charge in [-0.3, -0.25) is 0 Å². The Kier molecular flexibility index (Phi) is 21.4. The second-order valence-electron chi connectivity index (χ2n) is 33.0. The zero-order valence-corrected chi connectivity index (χ0v) is 50.3. The summed E-state index contributed by atoms with van der Waals surface area (Å²) >= 11 is 0. The molecule has 0 N–H and O–H groups in total. The average Bonchev–Trinajstić information content (AvgIpc) is 3.68. The molecule has 386 valence electrons. The van der Waals surface area contributed by atoms with Crippen molar-refractivity contribution in [2.45, 2.75) is 290 Å². The van der Waals surface area contributed by atoms with Crippen molar-refractivity contribution in [3.8, 4) is 0 Å². The second kappa shape index (κ2) is 22.9. The van der Waals surface area contributed by atoms with Gasteiger partial charge in [0.2, 0.25) is 0 Å². The number of hydrogen-bond donors (Lipinski definition) is 0. The smallest absolute Gasteiger partial charge is 0.0244 e. The van der Waals surface area contributed by atoms with Crippen LogP contribution in [0.4, 0.5) is 0 Å². The highest BCUT2D eigenvalue weighted by Gasteiger charge is 2.55. The molecule has 4 fully saturated rings. The Hall–Kier alpha value is -0.260. The maximum atomic E-state index is 2.56. The van der Waals surface area contributed by atoms with Crippen LogP contribution in [0.15, 0.2) is 12.2 Å². The molecule has 0 aliphatic heterocycles. The standard InChI is InChI=1S/C18H36.C16H32.C16H30.C15H28/c1-13(2)14-10-11-18(9,17(6,7)8)15(12-14)16(3,4)5;2*1-15(2,3)13-11-9-7-8-10-12-14(13)16(4,5)6;1-14(2,3)12-10-7-8-11(9-10)13(12)15(4,5)6/h13-15H,10-12H2,1-9H3;13-14H,7-12H2,1-6H3;7-8,13-14H,9-12H2,1-6H3;10-13H,7-9H2,1-6H3/b;;8-7-;. The van der Waals surface area contributed by atoms with Crippen LogP contribution in [0.3, 0.4) is 0 Å². The summed E-state index contributed by atoms with van der Waals surface area (Å²) in [7, 11) is 0. The second-order valence-corrected chi connectivity index (χ2v) is 33.0. The molecule has 65 heavy (non-hydrogen) atoms. The van der Waals surface area contributed by atoms with Crippen molar-refractivity contribution in [1.29, 1.82) is 0 Å². The minimum atomic E-state index is 0.410. The fourth-order valence-corrected chi connectivity index (χ4v) is 15.8. The highest BCUT2D eigenvalue weighted by molar-refractivity contribution is 5.04. The van der Waals surface area contributed by atoms with Crippen LogP contribution in [0.25, 0.3) is 0 Å². The molecule has 11 atom stereocenters. The van der Waals surface area contributed by atoms with Crippen LogP contribution >= 0.6 is 0 Å². The molecule has 4 saturated carbocycles. The van der Waals surface area contributed by atoms with E-state index in [0.29, 0.717) is 48.7 Å². The van der Waals surface area contributed by atoms with Crippen LogP contribution in [-0.2, 0) is 0 Å². The number of rotatable bonds is 1. The van der Waals surface area contributed by atoms with Gasteiger partial charge in [0.05, 0.1) is 0 Å². The largest absolute Gasteiger partial charge is 0.0885 e. The highest BCUT2D eigenvalue weighted by atomic mass is 14.6. The summed E-state index contributed by atoms with van der Waals surface area (Å²) in [5.41, 5.74) is 4.20. The number of allylic oxidation sites excluding steroid dienone is 2. The van der Waals surface area contributed by atoms with E-state index in [1.54, 1.807) is 0 Å². The minimum Gasteiger partial charge on any atom is -0.0885 e. The summed E-state index contributed by atoms with van der Waals surface area (Å²) < 4.78 is 0. The predicted molar refractivity (Wildman–Crippen MR) is 296 cm³/mol. The molecule has 11 unspecified atom stereocenters. The molecule has 0 radical (unpaired) electrons. The van der Waals surface area contributed by atoms with Gasteiger partial charge in [0.25, 0.3) is 0 Å². The molecule has 0 saturated heterocycles. The molecule has 0 aromatic carbocycles. The van der Waals surface area contributed by atoms with Crippen molar-refractivity contribution >= 4 is 0 Å². The number of hydrogen-bond acceptors (Lipinski definition) is 0. The Bertz CT molecular complexity index is 1300. The molecular weight excluding hydrogens is 781 g/mol. The Balaban J connectivity index is 0.000000298. The van der Waals surface area contributed by atoms with Gasteiger partial charge >= 0.3 is 0 Å². The van der Waals surface area contributed by atoms with Crippen LogP contribution in [0.2, 0.25) is 0 Å². The molecular formula is C65H126. The average molecular weight is 908 g/mol. The lowest BCUT2D eigenvalue weighted by molar-refractivity contribution is -0.0787. The summed E-state index contributed by atoms with van der Waals surface area (Å²) in [5, 5.41) is 0. The molecule has 5 rings (SSSR count). The molecule has 5 aliphatic carbocycles. The number of fused-ring (bicyclic) bond motifs is 2. The first-order chi connectivity index (χ1) is 29.1. The maximum absolute atomic E-state index is 2.56. The fourth-order valence-electron chi connectivity index (χ4n) is 15.8. The van der Waals surface area contributed by atoms with Gasteiger partial charge in [-0.2, -0.15) is 0 Å². The lowest BCUT2D eigenvalue weighted by Crippen LogP contribution is -2.49. The normalized spacial score (nSPS) is 34.0. The third-order valence-corrected chi connectivity index (χ3v) is 19.6. The lowest BCUT2D eigenvalue weighted by atomic mass is 9.48. The summed E-state index contributed by atoms with van der Waals surface area (Å²) in [6.07, 6.45) is 27.6. The third kappa shape index (κ3) is 17.5. The fraction of sp³-hybridized carbons (Fsp3) is 0.969. The van der Waals surface area contributed by atoms with E-state index in [4.69, 9.17) is 0 Å². The first kappa shape index (κ1) is 60.9. The first-order valence-corrected chi connectivity index (χ1v) is 28.7. The van der Waals surface area contributed by atoms with Crippen LogP contribution in [0.1, 0.15) is 290 Å². The third-order valence-electron chi connectivity index (χ3n) is 19.6. The summed E-state index contributed by atoms with van der Waals surface area (Å²) in [4.78, 5) is 0. The molecule has 0 aromatic heterocycles. The van der Waals surface area contributed by atoms with E-state index in [9.17, 15) is 0 Å². The quantitative estimate of drug-likeness (QED) is 0.230. The van der Waals surface area contributed by atoms with E-state index in [-0.39, 0.29) is 0 Å². The SMILES string of the molecule is CC(C)(C)C1C2CCC(C2)C1C(C)(C)C.CC(C)(C)C1CC/C=C\CCC1C(C)(C)C.CC(C)(C)C1CCCCCCC1C(C)(C)C.CC(C)C1CCC(C)(C(C)(C)C)C(C(C)(C)C)C1. The topological polar surface area (TPSA) is 0 Å². The van der Waals surface area contributed by atoms with Crippen molar-refractivity contribution < 1.29 is 0 Å². The summed E-state index contributed by atoms with van der Waals surface area (Å²) in [6, 6.07) is 0. The van der Waals surface area contributed by atoms with Crippen LogP contribution in [0, 0.1) is 114 Å². The Morgan fingerprint density at radius 3 is 1.00 bits per heavy atom. The van der Waals surface area contributed by atoms with Gasteiger partial charge in [0, 0.05) is 0 Å². The Morgan fingerprint density at radius 2 is 0.723 bits per heavy atom. The first-order valence-electron chi connectivity index (χ1n) is 28.7. The van der Waals surface area contributed by atoms with E-state index in [1.165, 1.54) is 103 Å². The molecule has 0 amide bonds. The minimum absolute atomic E-state index is 0.410. The maximum Gasteiger partial charge on any atom is -0.0244 e. The van der Waals surface area contributed by atoms with Crippen molar-refractivity contribution in [2.24, 2.45) is 114 Å². The molecule has 0 aromatic rings. The Labute approximate surface area is 413 Å². The lowest BCUT2D eigenvalue weighted by Gasteiger charge is -2.57. The van der Waals surface area contributed by atoms with Gasteiger partial charge in [0.1, 0.15) is 0 Å². The summed E-state index contributed by atoms with van der Waals surface area (Å²) in [6.45, 7) is 66.0. The van der Waals surface area contributed by atoms with Crippen molar-refractivity contribution in [2.75, 3.05) is 0 Å². The monoisotopic (exact) mass is 907 g/mol. The Morgan fingerprint density at radius 1 is 0.385 bits per heavy atom. The van der Waals surface area contributed by atoms with E-state index in [0.717, 1.165) is 65.1 Å².